The molecule has 0 aliphatic heterocycles. The van der Waals surface area contributed by atoms with Crippen molar-refractivity contribution in [2.45, 2.75) is 6.92 Å². The Morgan fingerprint density at radius 2 is 1.90 bits per heavy atom. The van der Waals surface area contributed by atoms with Crippen molar-refractivity contribution in [3.05, 3.63) is 58.1 Å². The molecule has 0 aliphatic carbocycles. The fourth-order valence-electron chi connectivity index (χ4n) is 1.75. The summed E-state index contributed by atoms with van der Waals surface area (Å²) in [5, 5.41) is 12.3. The van der Waals surface area contributed by atoms with Gasteiger partial charge in [0, 0.05) is 16.8 Å². The number of halogens is 1. The number of hydrogen-bond donors (Lipinski definition) is 3. The number of amides is 1. The van der Waals surface area contributed by atoms with E-state index in [9.17, 15) is 9.90 Å². The van der Waals surface area contributed by atoms with Crippen LogP contribution in [0.1, 0.15) is 21.5 Å². The highest BCUT2D eigenvalue weighted by Crippen LogP contribution is 2.24. The number of benzene rings is 2. The molecule has 4 N–H and O–H groups in total. The van der Waals surface area contributed by atoms with Gasteiger partial charge in [-0.15, -0.1) is 0 Å². The van der Waals surface area contributed by atoms with Crippen LogP contribution in [-0.2, 0) is 0 Å². The minimum atomic E-state index is -0.333. The van der Waals surface area contributed by atoms with Gasteiger partial charge in [-0.2, -0.15) is 0 Å². The number of rotatable bonds is 3. The third-order valence-corrected chi connectivity index (χ3v) is 3.52. The van der Waals surface area contributed by atoms with Crippen LogP contribution in [0.4, 0.5) is 5.69 Å². The lowest BCUT2D eigenvalue weighted by molar-refractivity contribution is 0.102. The Morgan fingerprint density at radius 1 is 1.24 bits per heavy atom. The van der Waals surface area contributed by atoms with Crippen molar-refractivity contribution in [2.75, 3.05) is 5.32 Å². The summed E-state index contributed by atoms with van der Waals surface area (Å²) in [6, 6.07) is 9.61. The predicted molar refractivity (Wildman–Crippen MR) is 88.1 cm³/mol. The molecular weight excluding hydrogens is 308 g/mol. The van der Waals surface area contributed by atoms with Crippen LogP contribution in [0.2, 0.25) is 5.02 Å². The molecule has 0 bridgehead atoms. The first-order valence-electron chi connectivity index (χ1n) is 6.09. The zero-order chi connectivity index (χ0) is 15.6. The molecule has 6 heteroatoms. The molecule has 0 heterocycles. The summed E-state index contributed by atoms with van der Waals surface area (Å²) < 4.78 is 0. The van der Waals surface area contributed by atoms with Gasteiger partial charge in [-0.05, 0) is 36.8 Å². The van der Waals surface area contributed by atoms with Crippen molar-refractivity contribution in [3.8, 4) is 5.75 Å². The molecule has 2 aromatic rings. The van der Waals surface area contributed by atoms with Crippen LogP contribution in [0.5, 0.6) is 5.75 Å². The number of anilines is 1. The van der Waals surface area contributed by atoms with Gasteiger partial charge in [0.1, 0.15) is 10.7 Å². The number of nitrogens with one attached hydrogen (secondary N) is 1. The molecule has 2 aromatic carbocycles. The van der Waals surface area contributed by atoms with E-state index in [0.717, 1.165) is 5.56 Å². The van der Waals surface area contributed by atoms with Crippen molar-refractivity contribution in [1.29, 1.82) is 0 Å². The van der Waals surface area contributed by atoms with Gasteiger partial charge in [-0.1, -0.05) is 36.0 Å². The van der Waals surface area contributed by atoms with Gasteiger partial charge in [0.25, 0.3) is 5.91 Å². The standard InChI is InChI=1S/C15H13ClN2O2S/c1-8-2-3-9(14(17)21)7-12(8)18-15(20)10-4-5-13(19)11(16)6-10/h2-7,19H,1H3,(H2,17,21)(H,18,20). The number of carbonyl (C=O) groups is 1. The van der Waals surface area contributed by atoms with Crippen LogP contribution in [0, 0.1) is 6.92 Å². The van der Waals surface area contributed by atoms with Crippen LogP contribution in [0.25, 0.3) is 0 Å². The maximum absolute atomic E-state index is 12.2. The summed E-state index contributed by atoms with van der Waals surface area (Å²) in [6.45, 7) is 1.86. The molecule has 0 radical (unpaired) electrons. The first-order valence-corrected chi connectivity index (χ1v) is 6.87. The average Bonchev–Trinajstić information content (AvgIpc) is 2.43. The summed E-state index contributed by atoms with van der Waals surface area (Å²) in [7, 11) is 0. The fraction of sp³-hybridized carbons (Fsp3) is 0.0667. The Labute approximate surface area is 132 Å². The SMILES string of the molecule is Cc1ccc(C(N)=S)cc1NC(=O)c1ccc(O)c(Cl)c1. The van der Waals surface area contributed by atoms with E-state index in [4.69, 9.17) is 29.6 Å². The molecule has 4 nitrogen and oxygen atoms in total. The van der Waals surface area contributed by atoms with E-state index in [1.165, 1.54) is 18.2 Å². The molecule has 0 aromatic heterocycles. The molecule has 0 fully saturated rings. The number of thiocarbonyl (C=S) groups is 1. The van der Waals surface area contributed by atoms with Gasteiger partial charge >= 0.3 is 0 Å². The van der Waals surface area contributed by atoms with Crippen LogP contribution in [-0.4, -0.2) is 16.0 Å². The zero-order valence-corrected chi connectivity index (χ0v) is 12.8. The number of carbonyl (C=O) groups excluding carboxylic acids is 1. The number of nitrogens with two attached hydrogens (primary N) is 1. The Hall–Kier alpha value is -2.11. The lowest BCUT2D eigenvalue weighted by atomic mass is 10.1. The van der Waals surface area contributed by atoms with Crippen molar-refractivity contribution in [1.82, 2.24) is 0 Å². The van der Waals surface area contributed by atoms with Crippen LogP contribution >= 0.6 is 23.8 Å². The molecule has 0 spiro atoms. The molecule has 0 saturated carbocycles. The Morgan fingerprint density at radius 3 is 2.52 bits per heavy atom. The van der Waals surface area contributed by atoms with Crippen LogP contribution < -0.4 is 11.1 Å². The highest BCUT2D eigenvalue weighted by atomic mass is 35.5. The van der Waals surface area contributed by atoms with E-state index in [2.05, 4.69) is 5.32 Å². The molecular formula is C15H13ClN2O2S. The summed E-state index contributed by atoms with van der Waals surface area (Å²) in [5.74, 6) is -0.403. The zero-order valence-electron chi connectivity index (χ0n) is 11.2. The van der Waals surface area contributed by atoms with Crippen molar-refractivity contribution >= 4 is 40.4 Å². The van der Waals surface area contributed by atoms with Crippen molar-refractivity contribution in [2.24, 2.45) is 5.73 Å². The molecule has 0 aliphatic rings. The highest BCUT2D eigenvalue weighted by Gasteiger charge is 2.11. The van der Waals surface area contributed by atoms with Crippen LogP contribution in [0.3, 0.4) is 0 Å². The summed E-state index contributed by atoms with van der Waals surface area (Å²) in [4.78, 5) is 12.5. The highest BCUT2D eigenvalue weighted by molar-refractivity contribution is 7.80. The van der Waals surface area contributed by atoms with Gasteiger partial charge in [0.05, 0.1) is 5.02 Å². The largest absolute Gasteiger partial charge is 0.506 e. The second-order valence-corrected chi connectivity index (χ2v) is 5.36. The second-order valence-electron chi connectivity index (χ2n) is 4.51. The van der Waals surface area contributed by atoms with Gasteiger partial charge < -0.3 is 16.2 Å². The van der Waals surface area contributed by atoms with Gasteiger partial charge in [-0.25, -0.2) is 0 Å². The minimum Gasteiger partial charge on any atom is -0.506 e. The number of hydrogen-bond acceptors (Lipinski definition) is 3. The monoisotopic (exact) mass is 320 g/mol. The Balaban J connectivity index is 2.28. The topological polar surface area (TPSA) is 75.3 Å². The first-order chi connectivity index (χ1) is 9.88. The van der Waals surface area contributed by atoms with E-state index in [1.807, 2.05) is 13.0 Å². The number of phenolic OH excluding ortho intramolecular Hbond substituents is 1. The van der Waals surface area contributed by atoms with Crippen molar-refractivity contribution < 1.29 is 9.90 Å². The van der Waals surface area contributed by atoms with E-state index in [0.29, 0.717) is 16.8 Å². The normalized spacial score (nSPS) is 10.2. The number of aromatic hydroxyl groups is 1. The van der Waals surface area contributed by atoms with E-state index < -0.39 is 0 Å². The maximum atomic E-state index is 12.2. The Kier molecular flexibility index (Phi) is 4.45. The quantitative estimate of drug-likeness (QED) is 0.759. The second kappa shape index (κ2) is 6.11. The maximum Gasteiger partial charge on any atom is 0.255 e. The summed E-state index contributed by atoms with van der Waals surface area (Å²) in [5.41, 5.74) is 8.11. The van der Waals surface area contributed by atoms with Crippen molar-refractivity contribution in [3.63, 3.8) is 0 Å². The molecule has 0 atom stereocenters. The fourth-order valence-corrected chi connectivity index (χ4v) is 2.06. The minimum absolute atomic E-state index is 0.0696. The average molecular weight is 321 g/mol. The molecule has 21 heavy (non-hydrogen) atoms. The van der Waals surface area contributed by atoms with E-state index >= 15 is 0 Å². The molecule has 0 saturated heterocycles. The molecule has 108 valence electrons. The lowest BCUT2D eigenvalue weighted by Gasteiger charge is -2.10. The van der Waals surface area contributed by atoms with Gasteiger partial charge in [0.2, 0.25) is 0 Å². The van der Waals surface area contributed by atoms with Crippen LogP contribution in [0.15, 0.2) is 36.4 Å². The summed E-state index contributed by atoms with van der Waals surface area (Å²) >= 11 is 10.7. The molecule has 2 rings (SSSR count). The van der Waals surface area contributed by atoms with E-state index in [-0.39, 0.29) is 21.7 Å². The van der Waals surface area contributed by atoms with Gasteiger partial charge in [-0.3, -0.25) is 4.79 Å². The lowest BCUT2D eigenvalue weighted by Crippen LogP contribution is -2.15. The third-order valence-electron chi connectivity index (χ3n) is 2.98. The van der Waals surface area contributed by atoms with Gasteiger partial charge in [0.15, 0.2) is 0 Å². The molecule has 0 unspecified atom stereocenters. The number of aryl methyl sites for hydroxylation is 1. The smallest absolute Gasteiger partial charge is 0.255 e. The third kappa shape index (κ3) is 3.51. The molecule has 1 amide bonds. The predicted octanol–water partition coefficient (Wildman–Crippen LogP) is 3.24. The summed E-state index contributed by atoms with van der Waals surface area (Å²) in [6.07, 6.45) is 0. The first kappa shape index (κ1) is 15.3. The van der Waals surface area contributed by atoms with E-state index in [1.54, 1.807) is 12.1 Å². The number of phenols is 1. The Bertz CT molecular complexity index is 732.